The molecule has 63 heavy (non-hydrogen) atoms. The Hall–Kier alpha value is -7.30. The van der Waals surface area contributed by atoms with Crippen molar-refractivity contribution in [2.75, 3.05) is 9.80 Å². The van der Waals surface area contributed by atoms with Crippen molar-refractivity contribution in [2.45, 2.75) is 46.6 Å². The van der Waals surface area contributed by atoms with Gasteiger partial charge in [-0.2, -0.15) is 0 Å². The van der Waals surface area contributed by atoms with Crippen molar-refractivity contribution in [2.24, 2.45) is 11.3 Å². The van der Waals surface area contributed by atoms with E-state index in [9.17, 15) is 0 Å². The highest BCUT2D eigenvalue weighted by molar-refractivity contribution is 5.83. The molecule has 0 amide bonds. The number of hydrogen-bond donors (Lipinski definition) is 0. The summed E-state index contributed by atoms with van der Waals surface area (Å²) < 4.78 is 14.1. The summed E-state index contributed by atoms with van der Waals surface area (Å²) in [5, 5.41) is 0. The van der Waals surface area contributed by atoms with Gasteiger partial charge in [0.2, 0.25) is 0 Å². The first-order valence-electron chi connectivity index (χ1n) is 22.1. The van der Waals surface area contributed by atoms with Crippen LogP contribution in [0.5, 0.6) is 23.0 Å². The molecule has 4 heteroatoms. The first-order valence-corrected chi connectivity index (χ1v) is 22.1. The lowest BCUT2D eigenvalue weighted by atomic mass is 9.96. The Morgan fingerprint density at radius 2 is 1.10 bits per heavy atom. The van der Waals surface area contributed by atoms with Crippen LogP contribution in [0.25, 0.3) is 22.3 Å². The third-order valence-electron chi connectivity index (χ3n) is 12.7. The Balaban J connectivity index is 1.06. The van der Waals surface area contributed by atoms with Crippen molar-refractivity contribution in [3.63, 3.8) is 0 Å². The molecule has 0 saturated heterocycles. The van der Waals surface area contributed by atoms with Crippen molar-refractivity contribution < 1.29 is 9.47 Å². The first-order chi connectivity index (χ1) is 30.8. The monoisotopic (exact) mass is 820 g/mol. The Kier molecular flexibility index (Phi) is 10.7. The van der Waals surface area contributed by atoms with Crippen LogP contribution >= 0.6 is 0 Å². The second-order valence-corrected chi connectivity index (χ2v) is 17.5. The molecule has 0 radical (unpaired) electrons. The molecule has 4 nitrogen and oxygen atoms in total. The van der Waals surface area contributed by atoms with Crippen molar-refractivity contribution in [3.8, 4) is 45.3 Å². The zero-order valence-electron chi connectivity index (χ0n) is 36.4. The number of anilines is 4. The van der Waals surface area contributed by atoms with Crippen LogP contribution in [0.4, 0.5) is 22.7 Å². The zero-order chi connectivity index (χ0) is 42.9. The molecule has 7 aromatic carbocycles. The van der Waals surface area contributed by atoms with Gasteiger partial charge in [-0.3, -0.25) is 0 Å². The van der Waals surface area contributed by atoms with Crippen LogP contribution in [-0.4, -0.2) is 6.04 Å². The average Bonchev–Trinajstić information content (AvgIpc) is 4.00. The van der Waals surface area contributed by atoms with E-state index in [-0.39, 0.29) is 6.04 Å². The minimum atomic E-state index is 0.191. The standard InChI is InChI=1S/C59H52N2O2/c1-41-21-27-47(28-22-41)60(48-29-23-42(2)24-30-48)50-17-11-19-53(36-50)62-57-39-58(56(45-15-9-6-10-16-45)38-55(57)44-13-7-5-8-14-44)63-54-20-12-18-51(37-54)61(49-31-25-43(3)26-32-49)52-33-34-59(4)40-46(59)35-52/h5-31,33-39,46,49H,32,40H2,1-4H3. The highest BCUT2D eigenvalue weighted by Crippen LogP contribution is 2.57. The number of nitrogens with zero attached hydrogens (tertiary/aromatic N) is 2. The topological polar surface area (TPSA) is 24.9 Å². The van der Waals surface area contributed by atoms with E-state index in [1.807, 2.05) is 12.1 Å². The molecule has 3 unspecified atom stereocenters. The van der Waals surface area contributed by atoms with Crippen LogP contribution in [0.2, 0.25) is 0 Å². The summed E-state index contributed by atoms with van der Waals surface area (Å²) in [5.41, 5.74) is 13.6. The highest BCUT2D eigenvalue weighted by atomic mass is 16.5. The smallest absolute Gasteiger partial charge is 0.139 e. The molecule has 10 rings (SSSR count). The van der Waals surface area contributed by atoms with Crippen molar-refractivity contribution >= 4 is 22.7 Å². The third-order valence-corrected chi connectivity index (χ3v) is 12.7. The molecule has 0 aliphatic heterocycles. The predicted molar refractivity (Wildman–Crippen MR) is 262 cm³/mol. The number of allylic oxidation sites excluding steroid dienone is 5. The molecule has 3 aliphatic carbocycles. The number of fused-ring (bicyclic) bond motifs is 1. The van der Waals surface area contributed by atoms with Gasteiger partial charge in [0.25, 0.3) is 0 Å². The largest absolute Gasteiger partial charge is 0.457 e. The number of ether oxygens (including phenoxy) is 2. The Bertz CT molecular complexity index is 2850. The number of aryl methyl sites for hydroxylation is 2. The van der Waals surface area contributed by atoms with E-state index in [1.165, 1.54) is 28.8 Å². The van der Waals surface area contributed by atoms with Gasteiger partial charge in [0.15, 0.2) is 0 Å². The first kappa shape index (κ1) is 39.8. The van der Waals surface area contributed by atoms with Crippen LogP contribution in [-0.2, 0) is 0 Å². The van der Waals surface area contributed by atoms with Gasteiger partial charge >= 0.3 is 0 Å². The molecular weight excluding hydrogens is 769 g/mol. The van der Waals surface area contributed by atoms with Crippen LogP contribution < -0.4 is 19.3 Å². The Labute approximate surface area is 372 Å². The second-order valence-electron chi connectivity index (χ2n) is 17.5. The van der Waals surface area contributed by atoms with E-state index in [1.54, 1.807) is 0 Å². The maximum atomic E-state index is 7.08. The van der Waals surface area contributed by atoms with Crippen molar-refractivity contribution in [3.05, 3.63) is 229 Å². The van der Waals surface area contributed by atoms with Gasteiger partial charge in [-0.25, -0.2) is 0 Å². The lowest BCUT2D eigenvalue weighted by Gasteiger charge is -2.35. The molecule has 0 spiro atoms. The molecule has 0 heterocycles. The third kappa shape index (κ3) is 8.50. The summed E-state index contributed by atoms with van der Waals surface area (Å²) >= 11 is 0. The zero-order valence-corrected chi connectivity index (χ0v) is 36.4. The van der Waals surface area contributed by atoms with Gasteiger partial charge in [-0.15, -0.1) is 0 Å². The fourth-order valence-corrected chi connectivity index (χ4v) is 8.88. The minimum absolute atomic E-state index is 0.191. The fraction of sp³-hybridized carbons (Fsp3) is 0.153. The lowest BCUT2D eigenvalue weighted by molar-refractivity contribution is 0.462. The molecule has 1 fully saturated rings. The van der Waals surface area contributed by atoms with Crippen molar-refractivity contribution in [1.82, 2.24) is 0 Å². The number of benzene rings is 7. The van der Waals surface area contributed by atoms with Gasteiger partial charge in [-0.1, -0.05) is 151 Å². The van der Waals surface area contributed by atoms with Gasteiger partial charge in [0.1, 0.15) is 23.0 Å². The summed E-state index contributed by atoms with van der Waals surface area (Å²) in [4.78, 5) is 4.76. The lowest BCUT2D eigenvalue weighted by Crippen LogP contribution is -2.34. The Morgan fingerprint density at radius 1 is 0.540 bits per heavy atom. The molecule has 0 N–H and O–H groups in total. The SMILES string of the molecule is CC1=CCC(N(C2=CC3CC3(C)C=C2)c2cccc(Oc3cc(Oc4cccc(N(c5ccc(C)cc5)c5ccc(C)cc5)c4)c(-c4ccccc4)cc3-c3ccccc3)c2)C=C1. The molecule has 3 aliphatic rings. The Morgan fingerprint density at radius 3 is 1.63 bits per heavy atom. The van der Waals surface area contributed by atoms with Crippen LogP contribution in [0.3, 0.4) is 0 Å². The van der Waals surface area contributed by atoms with Gasteiger partial charge in [-0.05, 0) is 117 Å². The van der Waals surface area contributed by atoms with E-state index >= 15 is 0 Å². The highest BCUT2D eigenvalue weighted by Gasteiger charge is 2.48. The number of rotatable bonds is 12. The second kappa shape index (κ2) is 16.9. The van der Waals surface area contributed by atoms with Gasteiger partial charge in [0, 0.05) is 57.8 Å². The maximum Gasteiger partial charge on any atom is 0.139 e. The maximum absolute atomic E-state index is 7.08. The van der Waals surface area contributed by atoms with Crippen LogP contribution in [0.1, 0.15) is 37.8 Å². The van der Waals surface area contributed by atoms with E-state index in [4.69, 9.17) is 9.47 Å². The molecule has 1 saturated carbocycles. The molecule has 7 aromatic rings. The molecular formula is C59H52N2O2. The average molecular weight is 821 g/mol. The molecule has 0 aromatic heterocycles. The summed E-state index contributed by atoms with van der Waals surface area (Å²) in [6.07, 6.45) is 16.3. The number of hydrogen-bond acceptors (Lipinski definition) is 4. The predicted octanol–water partition coefficient (Wildman–Crippen LogP) is 16.3. The van der Waals surface area contributed by atoms with Gasteiger partial charge in [0.05, 0.1) is 6.04 Å². The van der Waals surface area contributed by atoms with Crippen LogP contribution in [0.15, 0.2) is 218 Å². The van der Waals surface area contributed by atoms with Gasteiger partial charge < -0.3 is 19.3 Å². The quantitative estimate of drug-likeness (QED) is 0.123. The van der Waals surface area contributed by atoms with E-state index in [0.29, 0.717) is 22.8 Å². The minimum Gasteiger partial charge on any atom is -0.457 e. The summed E-state index contributed by atoms with van der Waals surface area (Å²) in [7, 11) is 0. The molecule has 0 bridgehead atoms. The molecule has 310 valence electrons. The molecule has 3 atom stereocenters. The van der Waals surface area contributed by atoms with Crippen LogP contribution in [0, 0.1) is 25.2 Å². The van der Waals surface area contributed by atoms with E-state index in [2.05, 4.69) is 232 Å². The van der Waals surface area contributed by atoms with E-state index in [0.717, 1.165) is 62.9 Å². The van der Waals surface area contributed by atoms with E-state index < -0.39 is 0 Å². The summed E-state index contributed by atoms with van der Waals surface area (Å²) in [5.74, 6) is 3.45. The normalized spacial score (nSPS) is 18.5. The van der Waals surface area contributed by atoms with Crippen molar-refractivity contribution in [1.29, 1.82) is 0 Å². The summed E-state index contributed by atoms with van der Waals surface area (Å²) in [6.45, 7) is 8.77. The summed E-state index contributed by atoms with van der Waals surface area (Å²) in [6, 6.07) is 59.6. The fourth-order valence-electron chi connectivity index (χ4n) is 8.88.